The summed E-state index contributed by atoms with van der Waals surface area (Å²) in [6, 6.07) is 0.387. The smallest absolute Gasteiger partial charge is 0.0220 e. The fourth-order valence-electron chi connectivity index (χ4n) is 6.08. The van der Waals surface area contributed by atoms with Crippen molar-refractivity contribution in [3.8, 4) is 0 Å². The molecule has 2 nitrogen and oxygen atoms in total. The molecule has 4 fully saturated rings. The number of nitrogens with two attached hydrogens (primary N) is 1. The molecule has 4 rings (SSSR count). The van der Waals surface area contributed by atoms with Gasteiger partial charge in [0.05, 0.1) is 0 Å². The Hall–Kier alpha value is -0.0800. The minimum atomic E-state index is 0.387. The molecule has 4 aliphatic rings. The zero-order valence-corrected chi connectivity index (χ0v) is 12.4. The van der Waals surface area contributed by atoms with Crippen molar-refractivity contribution in [3.05, 3.63) is 0 Å². The molecule has 2 N–H and O–H groups in total. The Morgan fingerprint density at radius 1 is 1.11 bits per heavy atom. The van der Waals surface area contributed by atoms with E-state index in [0.29, 0.717) is 17.0 Å². The van der Waals surface area contributed by atoms with E-state index in [9.17, 15) is 0 Å². The van der Waals surface area contributed by atoms with Gasteiger partial charge in [0.15, 0.2) is 0 Å². The molecule has 0 aromatic rings. The Labute approximate surface area is 112 Å². The highest BCUT2D eigenvalue weighted by molar-refractivity contribution is 5.14. The van der Waals surface area contributed by atoms with Crippen LogP contribution >= 0.6 is 0 Å². The Bertz CT molecular complexity index is 305. The van der Waals surface area contributed by atoms with Crippen molar-refractivity contribution in [2.24, 2.45) is 23.0 Å². The van der Waals surface area contributed by atoms with E-state index in [-0.39, 0.29) is 0 Å². The summed E-state index contributed by atoms with van der Waals surface area (Å²) in [6.45, 7) is 9.36. The van der Waals surface area contributed by atoms with Gasteiger partial charge in [-0.1, -0.05) is 13.8 Å². The third-order valence-electron chi connectivity index (χ3n) is 6.48. The first-order valence-corrected chi connectivity index (χ1v) is 8.04. The second-order valence-corrected chi connectivity index (χ2v) is 7.51. The Morgan fingerprint density at radius 2 is 1.67 bits per heavy atom. The first kappa shape index (κ1) is 12.9. The Balaban J connectivity index is 1.94. The summed E-state index contributed by atoms with van der Waals surface area (Å²) in [7, 11) is 0. The van der Waals surface area contributed by atoms with Crippen LogP contribution in [0.4, 0.5) is 0 Å². The number of hydrogen-bond acceptors (Lipinski definition) is 2. The lowest BCUT2D eigenvalue weighted by atomic mass is 9.45. The average Bonchev–Trinajstić information content (AvgIpc) is 2.28. The number of rotatable bonds is 4. The quantitative estimate of drug-likeness (QED) is 0.831. The van der Waals surface area contributed by atoms with E-state index in [2.05, 4.69) is 25.7 Å². The maximum Gasteiger partial charge on any atom is 0.0220 e. The van der Waals surface area contributed by atoms with Crippen LogP contribution in [0.25, 0.3) is 0 Å². The zero-order chi connectivity index (χ0) is 13.0. The standard InChI is InChI=1S/C16H30N2/c1-4-18(5-2)16-9-13-6-14(10-16)8-15(7-13,11-16)12(3)17/h12-14H,4-11,17H2,1-3H3. The highest BCUT2D eigenvalue weighted by atomic mass is 15.2. The molecule has 2 heteroatoms. The van der Waals surface area contributed by atoms with Gasteiger partial charge in [-0.25, -0.2) is 0 Å². The molecule has 3 unspecified atom stereocenters. The lowest BCUT2D eigenvalue weighted by molar-refractivity contribution is -0.137. The van der Waals surface area contributed by atoms with E-state index in [1.807, 2.05) is 0 Å². The molecule has 4 saturated carbocycles. The van der Waals surface area contributed by atoms with Crippen LogP contribution < -0.4 is 5.73 Å². The largest absolute Gasteiger partial charge is 0.327 e. The molecular formula is C16H30N2. The highest BCUT2D eigenvalue weighted by Crippen LogP contribution is 2.64. The van der Waals surface area contributed by atoms with E-state index in [1.54, 1.807) is 0 Å². The molecule has 18 heavy (non-hydrogen) atoms. The number of hydrogen-bond donors (Lipinski definition) is 1. The molecule has 0 heterocycles. The van der Waals surface area contributed by atoms with Crippen molar-refractivity contribution < 1.29 is 0 Å². The molecule has 4 bridgehead atoms. The fourth-order valence-corrected chi connectivity index (χ4v) is 6.08. The van der Waals surface area contributed by atoms with E-state index < -0.39 is 0 Å². The summed E-state index contributed by atoms with van der Waals surface area (Å²) in [5.74, 6) is 1.94. The normalized spacial score (nSPS) is 47.8. The monoisotopic (exact) mass is 250 g/mol. The second-order valence-electron chi connectivity index (χ2n) is 7.51. The molecule has 0 aromatic carbocycles. The van der Waals surface area contributed by atoms with Gasteiger partial charge in [-0.05, 0) is 75.8 Å². The van der Waals surface area contributed by atoms with Gasteiger partial charge in [0.2, 0.25) is 0 Å². The van der Waals surface area contributed by atoms with Crippen LogP contribution in [0, 0.1) is 17.3 Å². The van der Waals surface area contributed by atoms with E-state index in [4.69, 9.17) is 5.73 Å². The molecule has 4 aliphatic carbocycles. The van der Waals surface area contributed by atoms with Crippen molar-refractivity contribution in [2.75, 3.05) is 13.1 Å². The van der Waals surface area contributed by atoms with Gasteiger partial charge in [0.1, 0.15) is 0 Å². The molecule has 0 radical (unpaired) electrons. The van der Waals surface area contributed by atoms with Crippen molar-refractivity contribution in [1.82, 2.24) is 4.90 Å². The Kier molecular flexibility index (Phi) is 3.02. The van der Waals surface area contributed by atoms with Crippen molar-refractivity contribution >= 4 is 0 Å². The lowest BCUT2D eigenvalue weighted by Gasteiger charge is -2.66. The Morgan fingerprint density at radius 3 is 2.11 bits per heavy atom. The molecule has 0 spiro atoms. The molecule has 0 aliphatic heterocycles. The van der Waals surface area contributed by atoms with Crippen LogP contribution in [0.2, 0.25) is 0 Å². The van der Waals surface area contributed by atoms with Gasteiger partial charge in [0.25, 0.3) is 0 Å². The lowest BCUT2D eigenvalue weighted by Crippen LogP contribution is -2.66. The topological polar surface area (TPSA) is 29.3 Å². The summed E-state index contributed by atoms with van der Waals surface area (Å²) in [4.78, 5) is 2.77. The predicted molar refractivity (Wildman–Crippen MR) is 76.4 cm³/mol. The zero-order valence-electron chi connectivity index (χ0n) is 12.4. The van der Waals surface area contributed by atoms with Crippen molar-refractivity contribution in [2.45, 2.75) is 70.9 Å². The van der Waals surface area contributed by atoms with Crippen LogP contribution in [0.5, 0.6) is 0 Å². The fraction of sp³-hybridized carbons (Fsp3) is 1.00. The molecule has 0 aromatic heterocycles. The average molecular weight is 250 g/mol. The third kappa shape index (κ3) is 1.68. The van der Waals surface area contributed by atoms with Crippen LogP contribution in [0.15, 0.2) is 0 Å². The van der Waals surface area contributed by atoms with Crippen LogP contribution in [0.3, 0.4) is 0 Å². The van der Waals surface area contributed by atoms with Gasteiger partial charge in [-0.15, -0.1) is 0 Å². The van der Waals surface area contributed by atoms with E-state index >= 15 is 0 Å². The van der Waals surface area contributed by atoms with Crippen LogP contribution in [0.1, 0.15) is 59.3 Å². The first-order chi connectivity index (χ1) is 8.53. The molecule has 3 atom stereocenters. The summed E-state index contributed by atoms with van der Waals surface area (Å²) in [5, 5.41) is 0. The highest BCUT2D eigenvalue weighted by Gasteiger charge is 2.59. The molecule has 0 saturated heterocycles. The minimum absolute atomic E-state index is 0.387. The van der Waals surface area contributed by atoms with Gasteiger partial charge < -0.3 is 5.73 Å². The van der Waals surface area contributed by atoms with Crippen LogP contribution in [-0.4, -0.2) is 29.6 Å². The number of nitrogens with zero attached hydrogens (tertiary/aromatic N) is 1. The van der Waals surface area contributed by atoms with Crippen molar-refractivity contribution in [3.63, 3.8) is 0 Å². The summed E-state index contributed by atoms with van der Waals surface area (Å²) in [6.07, 6.45) is 8.64. The summed E-state index contributed by atoms with van der Waals surface area (Å²) < 4.78 is 0. The SMILES string of the molecule is CCN(CC)C12CC3CC(CC(C(C)N)(C3)C1)C2. The van der Waals surface area contributed by atoms with Crippen LogP contribution in [-0.2, 0) is 0 Å². The van der Waals surface area contributed by atoms with E-state index in [1.165, 1.54) is 51.6 Å². The van der Waals surface area contributed by atoms with Gasteiger partial charge in [0, 0.05) is 11.6 Å². The van der Waals surface area contributed by atoms with E-state index in [0.717, 1.165) is 11.8 Å². The molecule has 0 amide bonds. The second kappa shape index (κ2) is 4.21. The third-order valence-corrected chi connectivity index (χ3v) is 6.48. The molecular weight excluding hydrogens is 220 g/mol. The maximum absolute atomic E-state index is 6.41. The molecule has 104 valence electrons. The predicted octanol–water partition coefficient (Wildman–Crippen LogP) is 3.01. The van der Waals surface area contributed by atoms with Gasteiger partial charge >= 0.3 is 0 Å². The summed E-state index contributed by atoms with van der Waals surface area (Å²) in [5.41, 5.74) is 7.41. The summed E-state index contributed by atoms with van der Waals surface area (Å²) >= 11 is 0. The van der Waals surface area contributed by atoms with Gasteiger partial charge in [-0.3, -0.25) is 4.90 Å². The van der Waals surface area contributed by atoms with Gasteiger partial charge in [-0.2, -0.15) is 0 Å². The maximum atomic E-state index is 6.41. The first-order valence-electron chi connectivity index (χ1n) is 8.04. The van der Waals surface area contributed by atoms with Crippen molar-refractivity contribution in [1.29, 1.82) is 0 Å². The minimum Gasteiger partial charge on any atom is -0.327 e.